The Kier molecular flexibility index (Phi) is 6.19. The van der Waals surface area contributed by atoms with Gasteiger partial charge in [-0.2, -0.15) is 0 Å². The quantitative estimate of drug-likeness (QED) is 0.910. The Morgan fingerprint density at radius 1 is 1.28 bits per heavy atom. The number of piperidine rings is 1. The first-order valence-electron chi connectivity index (χ1n) is 9.46. The SMILES string of the molecule is Cc1ccc(C)c(OC2CCN(C(=O)NC[C@H]3CCCOC3)CC2)c1. The van der Waals surface area contributed by atoms with E-state index in [0.29, 0.717) is 5.92 Å². The highest BCUT2D eigenvalue weighted by atomic mass is 16.5. The molecule has 2 aliphatic heterocycles. The minimum Gasteiger partial charge on any atom is -0.490 e. The molecule has 1 atom stereocenters. The zero-order valence-corrected chi connectivity index (χ0v) is 15.4. The molecule has 2 heterocycles. The van der Waals surface area contributed by atoms with Gasteiger partial charge in [-0.1, -0.05) is 12.1 Å². The van der Waals surface area contributed by atoms with Crippen molar-refractivity contribution in [3.05, 3.63) is 29.3 Å². The topological polar surface area (TPSA) is 50.8 Å². The number of amides is 2. The van der Waals surface area contributed by atoms with E-state index in [-0.39, 0.29) is 12.1 Å². The summed E-state index contributed by atoms with van der Waals surface area (Å²) in [6.07, 6.45) is 4.20. The van der Waals surface area contributed by atoms with Gasteiger partial charge in [0.25, 0.3) is 0 Å². The Bertz CT molecular complexity index is 576. The van der Waals surface area contributed by atoms with Gasteiger partial charge in [0, 0.05) is 39.1 Å². The van der Waals surface area contributed by atoms with Gasteiger partial charge in [0.15, 0.2) is 0 Å². The fraction of sp³-hybridized carbons (Fsp3) is 0.650. The fourth-order valence-electron chi connectivity index (χ4n) is 3.50. The molecular formula is C20H30N2O3. The van der Waals surface area contributed by atoms with Crippen molar-refractivity contribution >= 4 is 6.03 Å². The molecule has 2 aliphatic rings. The number of urea groups is 1. The van der Waals surface area contributed by atoms with Gasteiger partial charge in [0.1, 0.15) is 11.9 Å². The van der Waals surface area contributed by atoms with Crippen molar-refractivity contribution in [2.75, 3.05) is 32.8 Å². The van der Waals surface area contributed by atoms with Crippen molar-refractivity contribution in [3.8, 4) is 5.75 Å². The number of nitrogens with zero attached hydrogens (tertiary/aromatic N) is 1. The van der Waals surface area contributed by atoms with E-state index in [9.17, 15) is 4.79 Å². The summed E-state index contributed by atoms with van der Waals surface area (Å²) in [7, 11) is 0. The van der Waals surface area contributed by atoms with E-state index < -0.39 is 0 Å². The molecule has 1 aromatic carbocycles. The number of hydrogen-bond acceptors (Lipinski definition) is 3. The Labute approximate surface area is 150 Å². The molecule has 5 heteroatoms. The lowest BCUT2D eigenvalue weighted by atomic mass is 10.0. The van der Waals surface area contributed by atoms with Crippen LogP contribution >= 0.6 is 0 Å². The van der Waals surface area contributed by atoms with Crippen LogP contribution in [0.15, 0.2) is 18.2 Å². The molecule has 0 radical (unpaired) electrons. The van der Waals surface area contributed by atoms with Crippen molar-refractivity contribution in [1.29, 1.82) is 0 Å². The third-order valence-electron chi connectivity index (χ3n) is 5.16. The average Bonchev–Trinajstić information content (AvgIpc) is 2.64. The number of rotatable bonds is 4. The van der Waals surface area contributed by atoms with Crippen LogP contribution in [0.1, 0.15) is 36.8 Å². The second kappa shape index (κ2) is 8.56. The van der Waals surface area contributed by atoms with Crippen LogP contribution in [-0.2, 0) is 4.74 Å². The number of carbonyl (C=O) groups excluding carboxylic acids is 1. The summed E-state index contributed by atoms with van der Waals surface area (Å²) in [5.41, 5.74) is 2.38. The Balaban J connectivity index is 1.41. The first-order valence-corrected chi connectivity index (χ1v) is 9.46. The molecule has 1 N–H and O–H groups in total. The van der Waals surface area contributed by atoms with Crippen molar-refractivity contribution in [2.45, 2.75) is 45.6 Å². The van der Waals surface area contributed by atoms with Crippen LogP contribution in [0.3, 0.4) is 0 Å². The van der Waals surface area contributed by atoms with Gasteiger partial charge in [-0.15, -0.1) is 0 Å². The molecule has 0 aliphatic carbocycles. The molecule has 0 bridgehead atoms. The van der Waals surface area contributed by atoms with Crippen molar-refractivity contribution in [1.82, 2.24) is 10.2 Å². The highest BCUT2D eigenvalue weighted by molar-refractivity contribution is 5.74. The van der Waals surface area contributed by atoms with E-state index in [1.165, 1.54) is 11.1 Å². The third-order valence-corrected chi connectivity index (χ3v) is 5.16. The summed E-state index contributed by atoms with van der Waals surface area (Å²) in [5.74, 6) is 1.43. The highest BCUT2D eigenvalue weighted by Crippen LogP contribution is 2.24. The molecule has 1 aromatic rings. The molecule has 2 fully saturated rings. The van der Waals surface area contributed by atoms with Gasteiger partial charge in [-0.3, -0.25) is 0 Å². The summed E-state index contributed by atoms with van der Waals surface area (Å²) in [4.78, 5) is 14.2. The Morgan fingerprint density at radius 3 is 2.80 bits per heavy atom. The predicted molar refractivity (Wildman–Crippen MR) is 98.1 cm³/mol. The number of hydrogen-bond donors (Lipinski definition) is 1. The van der Waals surface area contributed by atoms with Crippen molar-refractivity contribution in [3.63, 3.8) is 0 Å². The summed E-state index contributed by atoms with van der Waals surface area (Å²) < 4.78 is 11.6. The second-order valence-corrected chi connectivity index (χ2v) is 7.34. The maximum Gasteiger partial charge on any atom is 0.317 e. The van der Waals surface area contributed by atoms with Crippen LogP contribution in [0, 0.1) is 19.8 Å². The molecule has 0 saturated carbocycles. The van der Waals surface area contributed by atoms with Gasteiger partial charge in [-0.25, -0.2) is 4.79 Å². The zero-order chi connectivity index (χ0) is 17.6. The molecule has 2 saturated heterocycles. The maximum absolute atomic E-state index is 12.3. The molecule has 0 aromatic heterocycles. The lowest BCUT2D eigenvalue weighted by Crippen LogP contribution is -2.48. The number of benzene rings is 1. The smallest absolute Gasteiger partial charge is 0.317 e. The molecule has 0 unspecified atom stereocenters. The summed E-state index contributed by atoms with van der Waals surface area (Å²) in [6, 6.07) is 6.35. The molecular weight excluding hydrogens is 316 g/mol. The van der Waals surface area contributed by atoms with Gasteiger partial charge >= 0.3 is 6.03 Å². The standard InChI is InChI=1S/C20H30N2O3/c1-15-5-6-16(2)19(12-15)25-18-7-9-22(10-8-18)20(23)21-13-17-4-3-11-24-14-17/h5-6,12,17-18H,3-4,7-11,13-14H2,1-2H3,(H,21,23)/t17-/m1/s1. The zero-order valence-electron chi connectivity index (χ0n) is 15.4. The Morgan fingerprint density at radius 2 is 2.08 bits per heavy atom. The largest absolute Gasteiger partial charge is 0.490 e. The number of likely N-dealkylation sites (tertiary alicyclic amines) is 1. The summed E-state index contributed by atoms with van der Waals surface area (Å²) in [6.45, 7) is 8.01. The van der Waals surface area contributed by atoms with E-state index in [0.717, 1.165) is 64.3 Å². The second-order valence-electron chi connectivity index (χ2n) is 7.34. The first kappa shape index (κ1) is 18.1. The minimum atomic E-state index is 0.0516. The van der Waals surface area contributed by atoms with E-state index >= 15 is 0 Å². The maximum atomic E-state index is 12.3. The van der Waals surface area contributed by atoms with Gasteiger partial charge < -0.3 is 19.7 Å². The monoisotopic (exact) mass is 346 g/mol. The molecule has 2 amide bonds. The lowest BCUT2D eigenvalue weighted by molar-refractivity contribution is 0.0545. The van der Waals surface area contributed by atoms with Crippen LogP contribution in [0.2, 0.25) is 0 Å². The Hall–Kier alpha value is -1.75. The molecule has 5 nitrogen and oxygen atoms in total. The fourth-order valence-corrected chi connectivity index (χ4v) is 3.50. The van der Waals surface area contributed by atoms with Crippen LogP contribution < -0.4 is 10.1 Å². The van der Waals surface area contributed by atoms with Crippen LogP contribution in [0.5, 0.6) is 5.75 Å². The van der Waals surface area contributed by atoms with E-state index in [1.54, 1.807) is 0 Å². The van der Waals surface area contributed by atoms with E-state index in [2.05, 4.69) is 37.4 Å². The van der Waals surface area contributed by atoms with E-state index in [4.69, 9.17) is 9.47 Å². The first-order chi connectivity index (χ1) is 12.1. The normalized spacial score (nSPS) is 21.8. The average molecular weight is 346 g/mol. The van der Waals surface area contributed by atoms with Crippen LogP contribution in [0.25, 0.3) is 0 Å². The molecule has 25 heavy (non-hydrogen) atoms. The van der Waals surface area contributed by atoms with Crippen LogP contribution in [-0.4, -0.2) is 49.9 Å². The molecule has 0 spiro atoms. The number of aryl methyl sites for hydroxylation is 2. The third kappa shape index (κ3) is 5.11. The predicted octanol–water partition coefficient (Wildman–Crippen LogP) is 3.28. The van der Waals surface area contributed by atoms with Gasteiger partial charge in [-0.05, 0) is 49.8 Å². The lowest BCUT2D eigenvalue weighted by Gasteiger charge is -2.33. The van der Waals surface area contributed by atoms with Gasteiger partial charge in [0.2, 0.25) is 0 Å². The molecule has 138 valence electrons. The number of nitrogens with one attached hydrogen (secondary N) is 1. The molecule has 3 rings (SSSR count). The number of carbonyl (C=O) groups is 1. The minimum absolute atomic E-state index is 0.0516. The van der Waals surface area contributed by atoms with Crippen LogP contribution in [0.4, 0.5) is 4.79 Å². The van der Waals surface area contributed by atoms with Gasteiger partial charge in [0.05, 0.1) is 6.61 Å². The summed E-state index contributed by atoms with van der Waals surface area (Å²) in [5, 5.41) is 3.07. The number of ether oxygens (including phenoxy) is 2. The van der Waals surface area contributed by atoms with E-state index in [1.807, 2.05) is 4.90 Å². The summed E-state index contributed by atoms with van der Waals surface area (Å²) >= 11 is 0. The highest BCUT2D eigenvalue weighted by Gasteiger charge is 2.25. The van der Waals surface area contributed by atoms with Crippen molar-refractivity contribution in [2.24, 2.45) is 5.92 Å². The van der Waals surface area contributed by atoms with Crippen molar-refractivity contribution < 1.29 is 14.3 Å².